The quantitative estimate of drug-likeness (QED) is 0.834. The van der Waals surface area contributed by atoms with Crippen LogP contribution >= 0.6 is 0 Å². The summed E-state index contributed by atoms with van der Waals surface area (Å²) in [5.74, 6) is 0.321. The average Bonchev–Trinajstić information content (AvgIpc) is 2.31. The summed E-state index contributed by atoms with van der Waals surface area (Å²) in [6, 6.07) is 2.38. The number of amides is 1. The summed E-state index contributed by atoms with van der Waals surface area (Å²) in [4.78, 5) is 12.2. The van der Waals surface area contributed by atoms with E-state index >= 15 is 0 Å². The topological polar surface area (TPSA) is 52.9 Å². The van der Waals surface area contributed by atoms with Gasteiger partial charge in [0.15, 0.2) is 0 Å². The molecule has 1 atom stereocenters. The molecule has 1 amide bonds. The summed E-state index contributed by atoms with van der Waals surface area (Å²) in [5, 5.41) is 12.5. The minimum absolute atomic E-state index is 0.0272. The smallest absolute Gasteiger partial charge is 0.224 e. The maximum Gasteiger partial charge on any atom is 0.224 e. The molecule has 0 heterocycles. The van der Waals surface area contributed by atoms with Gasteiger partial charge in [-0.2, -0.15) is 5.26 Å². The molecule has 1 aliphatic rings. The lowest BCUT2D eigenvalue weighted by molar-refractivity contribution is -0.127. The van der Waals surface area contributed by atoms with Crippen molar-refractivity contribution in [1.82, 2.24) is 5.32 Å². The summed E-state index contributed by atoms with van der Waals surface area (Å²) < 4.78 is 0. The summed E-state index contributed by atoms with van der Waals surface area (Å²) in [7, 11) is 0. The fourth-order valence-electron chi connectivity index (χ4n) is 2.43. The first-order valence-corrected chi connectivity index (χ1v) is 7.24. The number of rotatable bonds is 3. The fourth-order valence-corrected chi connectivity index (χ4v) is 2.43. The van der Waals surface area contributed by atoms with Crippen LogP contribution in [0.2, 0.25) is 0 Å². The highest BCUT2D eigenvalue weighted by molar-refractivity contribution is 5.79. The van der Waals surface area contributed by atoms with Crippen molar-refractivity contribution in [2.75, 3.05) is 0 Å². The van der Waals surface area contributed by atoms with E-state index in [1.165, 1.54) is 19.3 Å². The third-order valence-corrected chi connectivity index (χ3v) is 4.20. The van der Waals surface area contributed by atoms with Crippen LogP contribution < -0.4 is 5.32 Å². The van der Waals surface area contributed by atoms with E-state index < -0.39 is 5.54 Å². The van der Waals surface area contributed by atoms with Gasteiger partial charge in [0.1, 0.15) is 5.54 Å². The Morgan fingerprint density at radius 3 is 2.06 bits per heavy atom. The Morgan fingerprint density at radius 2 is 1.61 bits per heavy atom. The molecule has 3 heteroatoms. The van der Waals surface area contributed by atoms with E-state index in [1.807, 2.05) is 20.8 Å². The average molecular weight is 250 g/mol. The molecular weight excluding hydrogens is 224 g/mol. The van der Waals surface area contributed by atoms with Gasteiger partial charge in [0.2, 0.25) is 5.91 Å². The number of hydrogen-bond acceptors (Lipinski definition) is 2. The molecule has 0 aromatic rings. The molecular formula is C15H26N2O. The van der Waals surface area contributed by atoms with Gasteiger partial charge in [0, 0.05) is 5.92 Å². The summed E-state index contributed by atoms with van der Waals surface area (Å²) >= 11 is 0. The molecule has 0 bridgehead atoms. The summed E-state index contributed by atoms with van der Waals surface area (Å²) in [6.07, 6.45) is 7.32. The molecule has 0 saturated heterocycles. The fraction of sp³-hybridized carbons (Fsp3) is 0.867. The molecule has 0 aromatic heterocycles. The number of carbonyl (C=O) groups excluding carboxylic acids is 1. The van der Waals surface area contributed by atoms with E-state index in [9.17, 15) is 10.1 Å². The van der Waals surface area contributed by atoms with Crippen LogP contribution in [0.1, 0.15) is 65.7 Å². The molecule has 102 valence electrons. The molecule has 1 rings (SSSR count). The Labute approximate surface area is 111 Å². The van der Waals surface area contributed by atoms with Gasteiger partial charge in [-0.05, 0) is 18.8 Å². The highest BCUT2D eigenvalue weighted by Gasteiger charge is 2.33. The molecule has 0 spiro atoms. The lowest BCUT2D eigenvalue weighted by Gasteiger charge is -2.31. The normalized spacial score (nSPS) is 21.5. The second kappa shape index (κ2) is 6.78. The second-order valence-corrected chi connectivity index (χ2v) is 5.98. The van der Waals surface area contributed by atoms with E-state index in [-0.39, 0.29) is 11.8 Å². The molecule has 1 aliphatic carbocycles. The number of nitrogens with one attached hydrogen (secondary N) is 1. The lowest BCUT2D eigenvalue weighted by atomic mass is 9.84. The highest BCUT2D eigenvalue weighted by atomic mass is 16.2. The first-order chi connectivity index (χ1) is 8.51. The Morgan fingerprint density at radius 1 is 1.11 bits per heavy atom. The predicted octanol–water partition coefficient (Wildman–Crippen LogP) is 3.40. The van der Waals surface area contributed by atoms with Crippen LogP contribution in [0.3, 0.4) is 0 Å². The van der Waals surface area contributed by atoms with Gasteiger partial charge in [-0.3, -0.25) is 4.79 Å². The Bertz CT molecular complexity index is 309. The third-order valence-electron chi connectivity index (χ3n) is 4.20. The molecule has 0 radical (unpaired) electrons. The van der Waals surface area contributed by atoms with Crippen LogP contribution in [0, 0.1) is 23.2 Å². The standard InChI is InChI=1S/C15H26N2O/c1-12(2)13(3)14(18)17-15(11-16)9-7-5-4-6-8-10-15/h12-13H,4-10H2,1-3H3,(H,17,18). The summed E-state index contributed by atoms with van der Waals surface area (Å²) in [5.41, 5.74) is -0.610. The number of hydrogen-bond donors (Lipinski definition) is 1. The highest BCUT2D eigenvalue weighted by Crippen LogP contribution is 2.26. The zero-order valence-electron chi connectivity index (χ0n) is 12.0. The van der Waals surface area contributed by atoms with Crippen molar-refractivity contribution in [2.24, 2.45) is 11.8 Å². The largest absolute Gasteiger partial charge is 0.338 e. The molecule has 1 saturated carbocycles. The van der Waals surface area contributed by atoms with Crippen molar-refractivity contribution in [2.45, 2.75) is 71.3 Å². The van der Waals surface area contributed by atoms with Gasteiger partial charge in [-0.15, -0.1) is 0 Å². The first-order valence-electron chi connectivity index (χ1n) is 7.24. The minimum atomic E-state index is -0.610. The van der Waals surface area contributed by atoms with Crippen LogP contribution in [0.25, 0.3) is 0 Å². The molecule has 3 nitrogen and oxygen atoms in total. The van der Waals surface area contributed by atoms with Crippen molar-refractivity contribution in [1.29, 1.82) is 5.26 Å². The van der Waals surface area contributed by atoms with E-state index in [1.54, 1.807) is 0 Å². The van der Waals surface area contributed by atoms with Gasteiger partial charge < -0.3 is 5.32 Å². The van der Waals surface area contributed by atoms with E-state index in [4.69, 9.17) is 0 Å². The second-order valence-electron chi connectivity index (χ2n) is 5.98. The number of nitriles is 1. The third kappa shape index (κ3) is 4.01. The Balaban J connectivity index is 2.69. The SMILES string of the molecule is CC(C)C(C)C(=O)NC1(C#N)CCCCCCC1. The van der Waals surface area contributed by atoms with Gasteiger partial charge in [-0.1, -0.05) is 52.9 Å². The monoisotopic (exact) mass is 250 g/mol. The van der Waals surface area contributed by atoms with Crippen LogP contribution in [-0.2, 0) is 4.79 Å². The molecule has 0 aromatic carbocycles. The van der Waals surface area contributed by atoms with Crippen LogP contribution in [0.5, 0.6) is 0 Å². The lowest BCUT2D eigenvalue weighted by Crippen LogP contribution is -2.50. The Hall–Kier alpha value is -1.04. The van der Waals surface area contributed by atoms with E-state index in [2.05, 4.69) is 11.4 Å². The number of nitrogens with zero attached hydrogens (tertiary/aromatic N) is 1. The van der Waals surface area contributed by atoms with Crippen LogP contribution in [0.4, 0.5) is 0 Å². The Kier molecular flexibility index (Phi) is 5.65. The van der Waals surface area contributed by atoms with Crippen molar-refractivity contribution >= 4 is 5.91 Å². The molecule has 18 heavy (non-hydrogen) atoms. The summed E-state index contributed by atoms with van der Waals surface area (Å²) in [6.45, 7) is 6.02. The van der Waals surface area contributed by atoms with Gasteiger partial charge in [0.25, 0.3) is 0 Å². The van der Waals surface area contributed by atoms with Gasteiger partial charge in [-0.25, -0.2) is 0 Å². The van der Waals surface area contributed by atoms with Crippen LogP contribution in [0.15, 0.2) is 0 Å². The zero-order chi connectivity index (χ0) is 13.6. The zero-order valence-corrected chi connectivity index (χ0v) is 12.0. The molecule has 1 N–H and O–H groups in total. The molecule has 1 unspecified atom stereocenters. The van der Waals surface area contributed by atoms with Crippen molar-refractivity contribution in [3.8, 4) is 6.07 Å². The maximum absolute atomic E-state index is 12.2. The molecule has 0 aliphatic heterocycles. The van der Waals surface area contributed by atoms with E-state index in [0.29, 0.717) is 5.92 Å². The van der Waals surface area contributed by atoms with Gasteiger partial charge in [0.05, 0.1) is 6.07 Å². The number of carbonyl (C=O) groups is 1. The predicted molar refractivity (Wildman–Crippen MR) is 72.8 cm³/mol. The van der Waals surface area contributed by atoms with Crippen molar-refractivity contribution in [3.05, 3.63) is 0 Å². The molecule has 1 fully saturated rings. The first kappa shape index (κ1) is 15.0. The van der Waals surface area contributed by atoms with Crippen molar-refractivity contribution < 1.29 is 4.79 Å². The van der Waals surface area contributed by atoms with Crippen molar-refractivity contribution in [3.63, 3.8) is 0 Å². The van der Waals surface area contributed by atoms with E-state index in [0.717, 1.165) is 25.7 Å². The maximum atomic E-state index is 12.2. The van der Waals surface area contributed by atoms with Gasteiger partial charge >= 0.3 is 0 Å². The minimum Gasteiger partial charge on any atom is -0.338 e. The van der Waals surface area contributed by atoms with Crippen LogP contribution in [-0.4, -0.2) is 11.4 Å².